The van der Waals surface area contributed by atoms with E-state index in [2.05, 4.69) is 12.2 Å². The zero-order valence-electron chi connectivity index (χ0n) is 10.1. The number of amides is 1. The predicted octanol–water partition coefficient (Wildman–Crippen LogP) is 1.95. The molecule has 0 aromatic carbocycles. The van der Waals surface area contributed by atoms with E-state index in [0.717, 1.165) is 25.7 Å². The van der Waals surface area contributed by atoms with Gasteiger partial charge in [0.25, 0.3) is 5.91 Å². The predicted molar refractivity (Wildman–Crippen MR) is 63.6 cm³/mol. The van der Waals surface area contributed by atoms with Crippen LogP contribution in [0.1, 0.15) is 43.2 Å². The minimum Gasteiger partial charge on any atom is -0.459 e. The average molecular weight is 237 g/mol. The van der Waals surface area contributed by atoms with Crippen molar-refractivity contribution in [2.24, 2.45) is 5.92 Å². The number of rotatable bonds is 3. The highest BCUT2D eigenvalue weighted by Gasteiger charge is 2.32. The first kappa shape index (κ1) is 12.2. The van der Waals surface area contributed by atoms with Crippen molar-refractivity contribution in [1.29, 1.82) is 0 Å². The molecule has 1 aromatic heterocycles. The van der Waals surface area contributed by atoms with Gasteiger partial charge in [-0.2, -0.15) is 0 Å². The van der Waals surface area contributed by atoms with E-state index in [-0.39, 0.29) is 11.7 Å². The van der Waals surface area contributed by atoms with Gasteiger partial charge in [0.15, 0.2) is 5.76 Å². The average Bonchev–Trinajstić information content (AvgIpc) is 2.84. The summed E-state index contributed by atoms with van der Waals surface area (Å²) < 4.78 is 4.99. The lowest BCUT2D eigenvalue weighted by molar-refractivity contribution is -0.00558. The molecule has 1 aliphatic carbocycles. The number of carbonyl (C=O) groups excluding carboxylic acids is 1. The minimum atomic E-state index is -0.741. The summed E-state index contributed by atoms with van der Waals surface area (Å²) in [6.45, 7) is 2.50. The van der Waals surface area contributed by atoms with Crippen LogP contribution in [0.2, 0.25) is 0 Å². The van der Waals surface area contributed by atoms with Crippen molar-refractivity contribution in [3.8, 4) is 0 Å². The van der Waals surface area contributed by atoms with Crippen LogP contribution in [0.5, 0.6) is 0 Å². The van der Waals surface area contributed by atoms with Crippen molar-refractivity contribution >= 4 is 5.91 Å². The first-order valence-corrected chi connectivity index (χ1v) is 6.13. The fourth-order valence-electron chi connectivity index (χ4n) is 2.22. The van der Waals surface area contributed by atoms with Crippen LogP contribution < -0.4 is 5.32 Å². The molecule has 2 rings (SSSR count). The first-order chi connectivity index (χ1) is 8.09. The van der Waals surface area contributed by atoms with E-state index in [1.54, 1.807) is 12.1 Å². The number of carbonyl (C=O) groups is 1. The van der Waals surface area contributed by atoms with Gasteiger partial charge in [-0.15, -0.1) is 0 Å². The van der Waals surface area contributed by atoms with Crippen LogP contribution in [-0.2, 0) is 0 Å². The molecule has 1 heterocycles. The topological polar surface area (TPSA) is 62.5 Å². The SMILES string of the molecule is CC1CCC(O)(CNC(=O)c2ccco2)CC1. The summed E-state index contributed by atoms with van der Waals surface area (Å²) in [5, 5.41) is 13.0. The summed E-state index contributed by atoms with van der Waals surface area (Å²) in [6.07, 6.45) is 5.02. The second-order valence-corrected chi connectivity index (χ2v) is 5.07. The molecular formula is C13H19NO3. The Balaban J connectivity index is 1.83. The molecule has 1 saturated carbocycles. The third kappa shape index (κ3) is 3.09. The van der Waals surface area contributed by atoms with Gasteiger partial charge < -0.3 is 14.8 Å². The Kier molecular flexibility index (Phi) is 3.52. The van der Waals surface area contributed by atoms with Crippen LogP contribution in [0.3, 0.4) is 0 Å². The normalized spacial score (nSPS) is 28.9. The Hall–Kier alpha value is -1.29. The molecule has 1 fully saturated rings. The maximum atomic E-state index is 11.6. The molecule has 0 atom stereocenters. The highest BCUT2D eigenvalue weighted by Crippen LogP contribution is 2.31. The fraction of sp³-hybridized carbons (Fsp3) is 0.615. The third-order valence-corrected chi connectivity index (χ3v) is 3.53. The molecule has 0 bridgehead atoms. The highest BCUT2D eigenvalue weighted by molar-refractivity contribution is 5.91. The summed E-state index contributed by atoms with van der Waals surface area (Å²) in [7, 11) is 0. The standard InChI is InChI=1S/C13H19NO3/c1-10-4-6-13(16,7-5-10)9-14-12(15)11-3-2-8-17-11/h2-3,8,10,16H,4-7,9H2,1H3,(H,14,15). The number of aliphatic hydroxyl groups is 1. The van der Waals surface area contributed by atoms with Crippen molar-refractivity contribution in [3.05, 3.63) is 24.2 Å². The number of hydrogen-bond acceptors (Lipinski definition) is 3. The van der Waals surface area contributed by atoms with E-state index in [4.69, 9.17) is 4.42 Å². The summed E-state index contributed by atoms with van der Waals surface area (Å²) in [4.78, 5) is 11.6. The summed E-state index contributed by atoms with van der Waals surface area (Å²) >= 11 is 0. The molecule has 2 N–H and O–H groups in total. The maximum absolute atomic E-state index is 11.6. The summed E-state index contributed by atoms with van der Waals surface area (Å²) in [5.41, 5.74) is -0.741. The lowest BCUT2D eigenvalue weighted by atomic mass is 9.79. The summed E-state index contributed by atoms with van der Waals surface area (Å²) in [5.74, 6) is 0.705. The molecule has 1 aromatic rings. The van der Waals surface area contributed by atoms with E-state index in [0.29, 0.717) is 12.5 Å². The van der Waals surface area contributed by atoms with Gasteiger partial charge >= 0.3 is 0 Å². The van der Waals surface area contributed by atoms with E-state index in [9.17, 15) is 9.90 Å². The van der Waals surface area contributed by atoms with Crippen molar-refractivity contribution < 1.29 is 14.3 Å². The lowest BCUT2D eigenvalue weighted by Crippen LogP contribution is -2.45. The zero-order valence-corrected chi connectivity index (χ0v) is 10.1. The molecule has 0 radical (unpaired) electrons. The van der Waals surface area contributed by atoms with Crippen molar-refractivity contribution in [3.63, 3.8) is 0 Å². The molecule has 1 aliphatic rings. The molecule has 17 heavy (non-hydrogen) atoms. The third-order valence-electron chi connectivity index (χ3n) is 3.53. The Bertz CT molecular complexity index is 364. The maximum Gasteiger partial charge on any atom is 0.287 e. The monoisotopic (exact) mass is 237 g/mol. The Morgan fingerprint density at radius 3 is 2.88 bits per heavy atom. The molecule has 0 unspecified atom stereocenters. The molecule has 94 valence electrons. The van der Waals surface area contributed by atoms with Gasteiger partial charge in [0, 0.05) is 6.54 Å². The van der Waals surface area contributed by atoms with E-state index >= 15 is 0 Å². The van der Waals surface area contributed by atoms with Crippen LogP contribution in [0, 0.1) is 5.92 Å². The minimum absolute atomic E-state index is 0.262. The first-order valence-electron chi connectivity index (χ1n) is 6.13. The molecule has 4 heteroatoms. The van der Waals surface area contributed by atoms with Gasteiger partial charge in [0.2, 0.25) is 0 Å². The molecule has 0 spiro atoms. The van der Waals surface area contributed by atoms with Crippen molar-refractivity contribution in [2.75, 3.05) is 6.54 Å². The number of furan rings is 1. The number of hydrogen-bond donors (Lipinski definition) is 2. The quantitative estimate of drug-likeness (QED) is 0.844. The van der Waals surface area contributed by atoms with Crippen LogP contribution in [0.25, 0.3) is 0 Å². The van der Waals surface area contributed by atoms with Crippen molar-refractivity contribution in [2.45, 2.75) is 38.2 Å². The Morgan fingerprint density at radius 1 is 1.59 bits per heavy atom. The largest absolute Gasteiger partial charge is 0.459 e. The van der Waals surface area contributed by atoms with Gasteiger partial charge in [0.05, 0.1) is 11.9 Å². The molecular weight excluding hydrogens is 218 g/mol. The van der Waals surface area contributed by atoms with Gasteiger partial charge in [-0.25, -0.2) is 0 Å². The lowest BCUT2D eigenvalue weighted by Gasteiger charge is -2.34. The van der Waals surface area contributed by atoms with E-state index in [1.807, 2.05) is 0 Å². The van der Waals surface area contributed by atoms with E-state index in [1.165, 1.54) is 6.26 Å². The van der Waals surface area contributed by atoms with Crippen LogP contribution in [0.4, 0.5) is 0 Å². The van der Waals surface area contributed by atoms with Gasteiger partial charge in [-0.1, -0.05) is 6.92 Å². The molecule has 4 nitrogen and oxygen atoms in total. The van der Waals surface area contributed by atoms with Gasteiger partial charge in [-0.05, 0) is 43.7 Å². The van der Waals surface area contributed by atoms with E-state index < -0.39 is 5.60 Å². The second kappa shape index (κ2) is 4.92. The molecule has 1 amide bonds. The van der Waals surface area contributed by atoms with Gasteiger partial charge in [-0.3, -0.25) is 4.79 Å². The highest BCUT2D eigenvalue weighted by atomic mass is 16.3. The van der Waals surface area contributed by atoms with Crippen LogP contribution in [0.15, 0.2) is 22.8 Å². The molecule has 0 aliphatic heterocycles. The van der Waals surface area contributed by atoms with Crippen LogP contribution >= 0.6 is 0 Å². The zero-order chi connectivity index (χ0) is 12.3. The fourth-order valence-corrected chi connectivity index (χ4v) is 2.22. The Labute approximate surface area is 101 Å². The van der Waals surface area contributed by atoms with Crippen molar-refractivity contribution in [1.82, 2.24) is 5.32 Å². The smallest absolute Gasteiger partial charge is 0.287 e. The van der Waals surface area contributed by atoms with Gasteiger partial charge in [0.1, 0.15) is 0 Å². The number of nitrogens with one attached hydrogen (secondary N) is 1. The molecule has 0 saturated heterocycles. The Morgan fingerprint density at radius 2 is 2.29 bits per heavy atom. The summed E-state index contributed by atoms with van der Waals surface area (Å²) in [6, 6.07) is 3.29. The second-order valence-electron chi connectivity index (χ2n) is 5.07. The van der Waals surface area contributed by atoms with Crippen LogP contribution in [-0.4, -0.2) is 23.2 Å².